The van der Waals surface area contributed by atoms with Crippen molar-refractivity contribution in [2.45, 2.75) is 64.8 Å². The second-order valence-corrected chi connectivity index (χ2v) is 6.41. The van der Waals surface area contributed by atoms with Crippen LogP contribution in [0.3, 0.4) is 0 Å². The van der Waals surface area contributed by atoms with E-state index in [0.717, 1.165) is 13.1 Å². The Morgan fingerprint density at radius 1 is 1.28 bits per heavy atom. The lowest BCUT2D eigenvalue weighted by Gasteiger charge is -2.54. The molecular formula is C15H27NO2. The van der Waals surface area contributed by atoms with Gasteiger partial charge in [0.25, 0.3) is 0 Å². The van der Waals surface area contributed by atoms with Gasteiger partial charge >= 0.3 is 5.97 Å². The smallest absolute Gasteiger partial charge is 0.304 e. The lowest BCUT2D eigenvalue weighted by Crippen LogP contribution is -2.60. The standard InChI is InChI=1S/C15H27NO2/c1-3-7-15(8-4-2)10-16(11-15)13(9-14(17)18)12-5-6-12/h12-13H,3-11H2,1-2H3,(H,17,18). The highest BCUT2D eigenvalue weighted by Gasteiger charge is 2.47. The van der Waals surface area contributed by atoms with Crippen molar-refractivity contribution >= 4 is 5.97 Å². The normalized spacial score (nSPS) is 24.6. The summed E-state index contributed by atoms with van der Waals surface area (Å²) in [5, 5.41) is 9.04. The third-order valence-electron chi connectivity index (χ3n) is 4.66. The van der Waals surface area contributed by atoms with E-state index in [-0.39, 0.29) is 0 Å². The highest BCUT2D eigenvalue weighted by molar-refractivity contribution is 5.67. The Kier molecular flexibility index (Phi) is 4.31. The summed E-state index contributed by atoms with van der Waals surface area (Å²) in [6, 6.07) is 0.323. The number of likely N-dealkylation sites (tertiary alicyclic amines) is 1. The van der Waals surface area contributed by atoms with Crippen molar-refractivity contribution in [3.63, 3.8) is 0 Å². The quantitative estimate of drug-likeness (QED) is 0.722. The zero-order valence-corrected chi connectivity index (χ0v) is 11.8. The molecular weight excluding hydrogens is 226 g/mol. The number of hydrogen-bond donors (Lipinski definition) is 1. The van der Waals surface area contributed by atoms with Crippen LogP contribution in [0.25, 0.3) is 0 Å². The van der Waals surface area contributed by atoms with Gasteiger partial charge in [0.15, 0.2) is 0 Å². The van der Waals surface area contributed by atoms with E-state index in [1.165, 1.54) is 38.5 Å². The molecule has 1 aliphatic carbocycles. The predicted molar refractivity (Wildman–Crippen MR) is 72.6 cm³/mol. The van der Waals surface area contributed by atoms with Crippen molar-refractivity contribution in [1.29, 1.82) is 0 Å². The van der Waals surface area contributed by atoms with Gasteiger partial charge in [0.2, 0.25) is 0 Å². The van der Waals surface area contributed by atoms with Gasteiger partial charge in [-0.15, -0.1) is 0 Å². The van der Waals surface area contributed by atoms with Crippen molar-refractivity contribution in [2.24, 2.45) is 11.3 Å². The molecule has 104 valence electrons. The Labute approximate surface area is 111 Å². The minimum atomic E-state index is -0.629. The number of hydrogen-bond acceptors (Lipinski definition) is 2. The minimum Gasteiger partial charge on any atom is -0.481 e. The molecule has 1 unspecified atom stereocenters. The van der Waals surface area contributed by atoms with E-state index >= 15 is 0 Å². The Bertz CT molecular complexity index is 285. The van der Waals surface area contributed by atoms with Crippen LogP contribution in [0, 0.1) is 11.3 Å². The van der Waals surface area contributed by atoms with E-state index in [1.54, 1.807) is 0 Å². The third-order valence-corrected chi connectivity index (χ3v) is 4.66. The van der Waals surface area contributed by atoms with Gasteiger partial charge in [-0.2, -0.15) is 0 Å². The van der Waals surface area contributed by atoms with Crippen LogP contribution >= 0.6 is 0 Å². The largest absolute Gasteiger partial charge is 0.481 e. The minimum absolute atomic E-state index is 0.323. The Balaban J connectivity index is 1.89. The second kappa shape index (κ2) is 5.60. The first-order chi connectivity index (χ1) is 8.60. The predicted octanol–water partition coefficient (Wildman–Crippen LogP) is 3.14. The van der Waals surface area contributed by atoms with E-state index < -0.39 is 5.97 Å². The van der Waals surface area contributed by atoms with Crippen LogP contribution < -0.4 is 0 Å². The Morgan fingerprint density at radius 2 is 1.83 bits per heavy atom. The molecule has 0 aromatic carbocycles. The Hall–Kier alpha value is -0.570. The molecule has 3 heteroatoms. The van der Waals surface area contributed by atoms with Gasteiger partial charge < -0.3 is 5.11 Å². The summed E-state index contributed by atoms with van der Waals surface area (Å²) >= 11 is 0. The van der Waals surface area contributed by atoms with Crippen LogP contribution in [0.2, 0.25) is 0 Å². The van der Waals surface area contributed by atoms with Crippen molar-refractivity contribution in [1.82, 2.24) is 4.90 Å². The molecule has 0 aromatic rings. The van der Waals surface area contributed by atoms with Crippen LogP contribution in [-0.2, 0) is 4.79 Å². The summed E-state index contributed by atoms with van der Waals surface area (Å²) in [6.45, 7) is 6.80. The summed E-state index contributed by atoms with van der Waals surface area (Å²) in [4.78, 5) is 13.4. The molecule has 18 heavy (non-hydrogen) atoms. The summed E-state index contributed by atoms with van der Waals surface area (Å²) in [5.41, 5.74) is 0.509. The van der Waals surface area contributed by atoms with Crippen LogP contribution in [-0.4, -0.2) is 35.1 Å². The van der Waals surface area contributed by atoms with Crippen LogP contribution in [0.5, 0.6) is 0 Å². The number of aliphatic carboxylic acids is 1. The average molecular weight is 253 g/mol. The molecule has 1 atom stereocenters. The molecule has 1 aliphatic heterocycles. The average Bonchev–Trinajstić information content (AvgIpc) is 3.06. The van der Waals surface area contributed by atoms with Crippen LogP contribution in [0.4, 0.5) is 0 Å². The van der Waals surface area contributed by atoms with Crippen molar-refractivity contribution in [2.75, 3.05) is 13.1 Å². The van der Waals surface area contributed by atoms with Gasteiger partial charge in [-0.05, 0) is 37.0 Å². The fourth-order valence-electron chi connectivity index (χ4n) is 3.81. The fourth-order valence-corrected chi connectivity index (χ4v) is 3.81. The number of carboxylic acids is 1. The summed E-state index contributed by atoms with van der Waals surface area (Å²) in [7, 11) is 0. The maximum atomic E-state index is 11.0. The monoisotopic (exact) mass is 253 g/mol. The zero-order chi connectivity index (χ0) is 13.2. The molecule has 1 saturated heterocycles. The van der Waals surface area contributed by atoms with Gasteiger partial charge in [0.1, 0.15) is 0 Å². The SMILES string of the molecule is CCCC1(CCC)CN(C(CC(=O)O)C2CC2)C1. The fraction of sp³-hybridized carbons (Fsp3) is 0.933. The lowest BCUT2D eigenvalue weighted by molar-refractivity contribution is -0.141. The molecule has 2 aliphatic rings. The molecule has 2 rings (SSSR count). The molecule has 1 saturated carbocycles. The zero-order valence-electron chi connectivity index (χ0n) is 11.8. The highest BCUT2D eigenvalue weighted by atomic mass is 16.4. The van der Waals surface area contributed by atoms with Crippen LogP contribution in [0.1, 0.15) is 58.8 Å². The third kappa shape index (κ3) is 3.05. The van der Waals surface area contributed by atoms with E-state index in [2.05, 4.69) is 18.7 Å². The molecule has 0 amide bonds. The lowest BCUT2D eigenvalue weighted by atomic mass is 9.71. The number of nitrogens with zero attached hydrogens (tertiary/aromatic N) is 1. The van der Waals surface area contributed by atoms with E-state index in [4.69, 9.17) is 5.11 Å². The first kappa shape index (κ1) is 13.9. The molecule has 0 radical (unpaired) electrons. The maximum absolute atomic E-state index is 11.0. The van der Waals surface area contributed by atoms with E-state index in [1.807, 2.05) is 0 Å². The number of carbonyl (C=O) groups is 1. The summed E-state index contributed by atoms with van der Waals surface area (Å²) < 4.78 is 0. The van der Waals surface area contributed by atoms with Crippen LogP contribution in [0.15, 0.2) is 0 Å². The molecule has 1 N–H and O–H groups in total. The summed E-state index contributed by atoms with van der Waals surface area (Å²) in [6.07, 6.45) is 7.94. The molecule has 1 heterocycles. The van der Waals surface area contributed by atoms with Gasteiger partial charge in [-0.1, -0.05) is 26.7 Å². The van der Waals surface area contributed by atoms with E-state index in [9.17, 15) is 4.79 Å². The van der Waals surface area contributed by atoms with Crippen molar-refractivity contribution in [3.8, 4) is 0 Å². The molecule has 3 nitrogen and oxygen atoms in total. The summed E-state index contributed by atoms with van der Waals surface area (Å²) in [5.74, 6) is 0.0396. The number of rotatable bonds is 8. The van der Waals surface area contributed by atoms with Crippen molar-refractivity contribution < 1.29 is 9.90 Å². The van der Waals surface area contributed by atoms with Gasteiger partial charge in [-0.3, -0.25) is 9.69 Å². The van der Waals surface area contributed by atoms with Gasteiger partial charge in [-0.25, -0.2) is 0 Å². The highest BCUT2D eigenvalue weighted by Crippen LogP contribution is 2.46. The molecule has 0 bridgehead atoms. The van der Waals surface area contributed by atoms with E-state index in [0.29, 0.717) is 23.8 Å². The maximum Gasteiger partial charge on any atom is 0.304 e. The van der Waals surface area contributed by atoms with Gasteiger partial charge in [0.05, 0.1) is 6.42 Å². The molecule has 0 aromatic heterocycles. The number of carboxylic acid groups (broad SMARTS) is 1. The van der Waals surface area contributed by atoms with Gasteiger partial charge in [0, 0.05) is 19.1 Å². The first-order valence-electron chi connectivity index (χ1n) is 7.56. The molecule has 2 fully saturated rings. The topological polar surface area (TPSA) is 40.5 Å². The van der Waals surface area contributed by atoms with Crippen molar-refractivity contribution in [3.05, 3.63) is 0 Å². The second-order valence-electron chi connectivity index (χ2n) is 6.41. The molecule has 0 spiro atoms. The first-order valence-corrected chi connectivity index (χ1v) is 7.56. The Morgan fingerprint density at radius 3 is 2.22 bits per heavy atom.